The van der Waals surface area contributed by atoms with E-state index in [1.807, 2.05) is 0 Å². The van der Waals surface area contributed by atoms with Crippen molar-refractivity contribution in [3.05, 3.63) is 24.3 Å². The van der Waals surface area contributed by atoms with Crippen molar-refractivity contribution in [3.63, 3.8) is 0 Å². The predicted molar refractivity (Wildman–Crippen MR) is 74.5 cm³/mol. The Hall–Kier alpha value is -2.62. The van der Waals surface area contributed by atoms with Crippen molar-refractivity contribution >= 4 is 27.6 Å². The van der Waals surface area contributed by atoms with E-state index in [2.05, 4.69) is 25.2 Å². The third-order valence-corrected chi connectivity index (χ3v) is 3.72. The van der Waals surface area contributed by atoms with Crippen LogP contribution in [-0.2, 0) is 14.8 Å². The summed E-state index contributed by atoms with van der Waals surface area (Å²) in [6.07, 6.45) is 0. The Balaban J connectivity index is 2.17. The Kier molecular flexibility index (Phi) is 4.08. The Morgan fingerprint density at radius 2 is 1.95 bits per heavy atom. The summed E-state index contributed by atoms with van der Waals surface area (Å²) in [5.41, 5.74) is 0.503. The summed E-state index contributed by atoms with van der Waals surface area (Å²) in [4.78, 5) is 14.7. The number of rotatable bonds is 5. The first kappa shape index (κ1) is 14.8. The Morgan fingerprint density at radius 3 is 2.48 bits per heavy atom. The molecule has 0 radical (unpaired) electrons. The summed E-state index contributed by atoms with van der Waals surface area (Å²) in [6.45, 7) is 1.36. The van der Waals surface area contributed by atoms with E-state index < -0.39 is 10.0 Å². The molecule has 112 valence electrons. The Bertz CT molecular complexity index is 738. The molecule has 1 amide bonds. The number of methoxy groups -OCH3 is 1. The number of aromatic amines is 1. The zero-order valence-electron chi connectivity index (χ0n) is 11.2. The first-order valence-corrected chi connectivity index (χ1v) is 7.26. The maximum atomic E-state index is 12.1. The number of nitrogens with one attached hydrogen (secondary N) is 3. The standard InChI is InChI=1S/C11H13N5O4S/c1-7(17)12-8-3-5-9(6-4-8)21(18,19)16-10-13-11(20-2)15-14-10/h3-6H,1-2H3,(H,12,17)(H2,13,14,15,16). The van der Waals surface area contributed by atoms with E-state index in [1.54, 1.807) is 0 Å². The molecule has 0 aliphatic carbocycles. The second-order valence-electron chi connectivity index (χ2n) is 3.98. The molecule has 1 aromatic carbocycles. The second kappa shape index (κ2) is 5.79. The number of carbonyl (C=O) groups is 1. The molecule has 0 unspecified atom stereocenters. The Labute approximate surface area is 120 Å². The lowest BCUT2D eigenvalue weighted by molar-refractivity contribution is -0.114. The van der Waals surface area contributed by atoms with Crippen molar-refractivity contribution in [1.29, 1.82) is 0 Å². The molecule has 1 aromatic heterocycles. The highest BCUT2D eigenvalue weighted by molar-refractivity contribution is 7.92. The number of amides is 1. The third kappa shape index (κ3) is 3.69. The van der Waals surface area contributed by atoms with E-state index in [-0.39, 0.29) is 22.8 Å². The van der Waals surface area contributed by atoms with Gasteiger partial charge in [-0.05, 0) is 24.3 Å². The van der Waals surface area contributed by atoms with Gasteiger partial charge in [-0.15, -0.1) is 5.10 Å². The van der Waals surface area contributed by atoms with Crippen LogP contribution in [-0.4, -0.2) is 36.6 Å². The molecular formula is C11H13N5O4S. The molecular weight excluding hydrogens is 298 g/mol. The quantitative estimate of drug-likeness (QED) is 0.741. The highest BCUT2D eigenvalue weighted by Gasteiger charge is 2.16. The van der Waals surface area contributed by atoms with Crippen LogP contribution in [0.25, 0.3) is 0 Å². The van der Waals surface area contributed by atoms with Crippen LogP contribution in [0.4, 0.5) is 11.6 Å². The maximum absolute atomic E-state index is 12.1. The monoisotopic (exact) mass is 311 g/mol. The van der Waals surface area contributed by atoms with Gasteiger partial charge >= 0.3 is 6.01 Å². The molecule has 10 heteroatoms. The van der Waals surface area contributed by atoms with Gasteiger partial charge in [0.1, 0.15) is 0 Å². The highest BCUT2D eigenvalue weighted by atomic mass is 32.2. The molecule has 1 heterocycles. The lowest BCUT2D eigenvalue weighted by atomic mass is 10.3. The van der Waals surface area contributed by atoms with Gasteiger partial charge in [-0.25, -0.2) is 18.2 Å². The van der Waals surface area contributed by atoms with Gasteiger partial charge in [0.2, 0.25) is 11.9 Å². The van der Waals surface area contributed by atoms with Crippen LogP contribution in [0.15, 0.2) is 29.2 Å². The average molecular weight is 311 g/mol. The molecule has 0 bridgehead atoms. The average Bonchev–Trinajstić information content (AvgIpc) is 2.85. The van der Waals surface area contributed by atoms with Gasteiger partial charge in [0.05, 0.1) is 12.0 Å². The van der Waals surface area contributed by atoms with E-state index in [0.29, 0.717) is 5.69 Å². The van der Waals surface area contributed by atoms with Crippen molar-refractivity contribution in [2.24, 2.45) is 0 Å². The molecule has 2 rings (SSSR count). The summed E-state index contributed by atoms with van der Waals surface area (Å²) >= 11 is 0. The fraction of sp³-hybridized carbons (Fsp3) is 0.182. The molecule has 0 spiro atoms. The molecule has 2 aromatic rings. The van der Waals surface area contributed by atoms with Gasteiger partial charge in [0, 0.05) is 12.6 Å². The van der Waals surface area contributed by atoms with E-state index in [0.717, 1.165) is 0 Å². The molecule has 0 saturated heterocycles. The summed E-state index contributed by atoms with van der Waals surface area (Å²) in [5.74, 6) is -0.296. The molecule has 21 heavy (non-hydrogen) atoms. The van der Waals surface area contributed by atoms with E-state index in [4.69, 9.17) is 4.74 Å². The molecule has 0 aliphatic rings. The number of benzene rings is 1. The number of hydrogen-bond donors (Lipinski definition) is 3. The number of ether oxygens (including phenoxy) is 1. The van der Waals surface area contributed by atoms with Gasteiger partial charge in [-0.2, -0.15) is 4.98 Å². The number of anilines is 2. The largest absolute Gasteiger partial charge is 0.466 e. The normalized spacial score (nSPS) is 11.0. The van der Waals surface area contributed by atoms with Crippen LogP contribution >= 0.6 is 0 Å². The minimum absolute atomic E-state index is 0.0203. The molecule has 0 aliphatic heterocycles. The van der Waals surface area contributed by atoms with Crippen molar-refractivity contribution in [3.8, 4) is 6.01 Å². The van der Waals surface area contributed by atoms with E-state index in [1.165, 1.54) is 38.3 Å². The first-order chi connectivity index (χ1) is 9.90. The van der Waals surface area contributed by atoms with E-state index in [9.17, 15) is 13.2 Å². The zero-order chi connectivity index (χ0) is 15.5. The third-order valence-electron chi connectivity index (χ3n) is 2.36. The summed E-state index contributed by atoms with van der Waals surface area (Å²) in [5, 5.41) is 8.56. The highest BCUT2D eigenvalue weighted by Crippen LogP contribution is 2.17. The predicted octanol–water partition coefficient (Wildman–Crippen LogP) is 0.572. The van der Waals surface area contributed by atoms with Gasteiger partial charge in [0.25, 0.3) is 10.0 Å². The van der Waals surface area contributed by atoms with Gasteiger partial charge in [0.15, 0.2) is 0 Å². The number of sulfonamides is 1. The Morgan fingerprint density at radius 1 is 1.29 bits per heavy atom. The number of aromatic nitrogens is 3. The van der Waals surface area contributed by atoms with Crippen molar-refractivity contribution in [1.82, 2.24) is 15.2 Å². The summed E-state index contributed by atoms with van der Waals surface area (Å²) < 4.78 is 31.2. The van der Waals surface area contributed by atoms with Crippen LogP contribution in [0.2, 0.25) is 0 Å². The number of carbonyl (C=O) groups excluding carboxylic acids is 1. The fourth-order valence-corrected chi connectivity index (χ4v) is 2.45. The second-order valence-corrected chi connectivity index (χ2v) is 5.66. The van der Waals surface area contributed by atoms with Crippen LogP contribution in [0.3, 0.4) is 0 Å². The smallest absolute Gasteiger partial charge is 0.336 e. The summed E-state index contributed by atoms with van der Waals surface area (Å²) in [6, 6.07) is 5.71. The molecule has 0 atom stereocenters. The topological polar surface area (TPSA) is 126 Å². The molecule has 0 fully saturated rings. The maximum Gasteiger partial charge on any atom is 0.336 e. The van der Waals surface area contributed by atoms with E-state index >= 15 is 0 Å². The van der Waals surface area contributed by atoms with Crippen LogP contribution in [0.5, 0.6) is 6.01 Å². The van der Waals surface area contributed by atoms with Crippen molar-refractivity contribution in [2.45, 2.75) is 11.8 Å². The van der Waals surface area contributed by atoms with Crippen LogP contribution < -0.4 is 14.8 Å². The number of nitrogens with zero attached hydrogens (tertiary/aromatic N) is 2. The zero-order valence-corrected chi connectivity index (χ0v) is 12.1. The van der Waals surface area contributed by atoms with Crippen molar-refractivity contribution in [2.75, 3.05) is 17.1 Å². The lowest BCUT2D eigenvalue weighted by Crippen LogP contribution is -2.14. The minimum atomic E-state index is -3.81. The van der Waals surface area contributed by atoms with Gasteiger partial charge in [-0.3, -0.25) is 4.79 Å². The SMILES string of the molecule is COc1n[nH]c(NS(=O)(=O)c2ccc(NC(C)=O)cc2)n1. The van der Waals surface area contributed by atoms with Gasteiger partial charge < -0.3 is 10.1 Å². The molecule has 9 nitrogen and oxygen atoms in total. The summed E-state index contributed by atoms with van der Waals surface area (Å²) in [7, 11) is -2.44. The lowest BCUT2D eigenvalue weighted by Gasteiger charge is -2.06. The minimum Gasteiger partial charge on any atom is -0.466 e. The van der Waals surface area contributed by atoms with Gasteiger partial charge in [-0.1, -0.05) is 0 Å². The first-order valence-electron chi connectivity index (χ1n) is 5.77. The van der Waals surface area contributed by atoms with Crippen LogP contribution in [0.1, 0.15) is 6.92 Å². The fourth-order valence-electron chi connectivity index (χ4n) is 1.49. The molecule has 3 N–H and O–H groups in total. The number of hydrogen-bond acceptors (Lipinski definition) is 6. The number of H-pyrrole nitrogens is 1. The van der Waals surface area contributed by atoms with Crippen molar-refractivity contribution < 1.29 is 17.9 Å². The molecule has 0 saturated carbocycles. The van der Waals surface area contributed by atoms with Crippen LogP contribution in [0, 0.1) is 0 Å².